The Morgan fingerprint density at radius 2 is 0.912 bits per heavy atom. The highest BCUT2D eigenvalue weighted by Gasteiger charge is 2.26. The van der Waals surface area contributed by atoms with Crippen LogP contribution in [-0.2, 0) is 18.4 Å². The van der Waals surface area contributed by atoms with Crippen LogP contribution in [0.3, 0.4) is 0 Å². The van der Waals surface area contributed by atoms with E-state index in [1.807, 2.05) is 6.08 Å². The molecule has 0 fully saturated rings. The highest BCUT2D eigenvalue weighted by Crippen LogP contribution is 2.43. The lowest BCUT2D eigenvalue weighted by Gasteiger charge is -2.23. The van der Waals surface area contributed by atoms with Gasteiger partial charge in [0.2, 0.25) is 5.91 Å². The predicted octanol–water partition coefficient (Wildman–Crippen LogP) is 14.1. The largest absolute Gasteiger partial charge is 0.472 e. The van der Waals surface area contributed by atoms with E-state index < -0.39 is 20.0 Å². The van der Waals surface area contributed by atoms with Gasteiger partial charge in [-0.1, -0.05) is 218 Å². The Hall–Kier alpha value is -1.02. The quantitative estimate of drug-likeness (QED) is 0.0273. The number of carbonyl (C=O) groups excluding carboxylic acids is 1. The highest BCUT2D eigenvalue weighted by atomic mass is 31.2. The van der Waals surface area contributed by atoms with Crippen LogP contribution in [0.15, 0.2) is 24.3 Å². The van der Waals surface area contributed by atoms with E-state index in [1.54, 1.807) is 6.08 Å². The number of phosphoric acid groups is 1. The van der Waals surface area contributed by atoms with Crippen LogP contribution >= 0.6 is 7.82 Å². The van der Waals surface area contributed by atoms with E-state index in [4.69, 9.17) is 14.8 Å². The SMILES string of the molecule is CCCCCCCC/C=C\CCCCCCCCCC(=O)NC(COP(=O)(O)OCCN)C(O)/C=C/CCCCCCCCCCCCCCCCCCCCC. The second-order valence-electron chi connectivity index (χ2n) is 16.7. The maximum absolute atomic E-state index is 12.8. The van der Waals surface area contributed by atoms with Crippen LogP contribution in [0, 0.1) is 0 Å². The first-order valence-electron chi connectivity index (χ1n) is 24.5. The van der Waals surface area contributed by atoms with Crippen molar-refractivity contribution in [1.29, 1.82) is 0 Å². The van der Waals surface area contributed by atoms with Gasteiger partial charge in [0.05, 0.1) is 25.4 Å². The lowest BCUT2D eigenvalue weighted by molar-refractivity contribution is -0.123. The normalized spacial score (nSPS) is 14.1. The van der Waals surface area contributed by atoms with E-state index in [9.17, 15) is 19.4 Å². The molecular weight excluding hydrogens is 732 g/mol. The van der Waals surface area contributed by atoms with Crippen LogP contribution in [0.2, 0.25) is 0 Å². The summed E-state index contributed by atoms with van der Waals surface area (Å²) in [7, 11) is -4.34. The molecule has 0 aliphatic rings. The molecule has 3 atom stereocenters. The van der Waals surface area contributed by atoms with Gasteiger partial charge in [-0.2, -0.15) is 0 Å². The van der Waals surface area contributed by atoms with E-state index in [-0.39, 0.29) is 25.7 Å². The summed E-state index contributed by atoms with van der Waals surface area (Å²) in [6, 6.07) is -0.861. The third-order valence-electron chi connectivity index (χ3n) is 11.0. The maximum Gasteiger partial charge on any atom is 0.472 e. The molecule has 3 unspecified atom stereocenters. The summed E-state index contributed by atoms with van der Waals surface area (Å²) in [6.45, 7) is 4.16. The molecule has 338 valence electrons. The molecule has 0 bridgehead atoms. The number of rotatable bonds is 46. The first kappa shape index (κ1) is 56.0. The Bertz CT molecular complexity index is 948. The summed E-state index contributed by atoms with van der Waals surface area (Å²) in [5, 5.41) is 13.7. The Balaban J connectivity index is 4.12. The van der Waals surface area contributed by atoms with Crippen molar-refractivity contribution in [2.75, 3.05) is 19.8 Å². The number of allylic oxidation sites excluding steroid dienone is 3. The highest BCUT2D eigenvalue weighted by molar-refractivity contribution is 7.47. The number of nitrogens with one attached hydrogen (secondary N) is 1. The van der Waals surface area contributed by atoms with Crippen molar-refractivity contribution in [1.82, 2.24) is 5.32 Å². The minimum absolute atomic E-state index is 0.0790. The molecule has 0 heterocycles. The summed E-state index contributed by atoms with van der Waals surface area (Å²) in [6.07, 6.45) is 52.3. The molecule has 9 heteroatoms. The Morgan fingerprint density at radius 3 is 1.30 bits per heavy atom. The van der Waals surface area contributed by atoms with Gasteiger partial charge in [-0.25, -0.2) is 4.57 Å². The van der Waals surface area contributed by atoms with Crippen LogP contribution in [0.25, 0.3) is 0 Å². The zero-order valence-corrected chi connectivity index (χ0v) is 38.5. The zero-order valence-electron chi connectivity index (χ0n) is 37.6. The predicted molar refractivity (Wildman–Crippen MR) is 245 cm³/mol. The van der Waals surface area contributed by atoms with Gasteiger partial charge in [-0.15, -0.1) is 0 Å². The first-order chi connectivity index (χ1) is 27.9. The molecule has 0 aromatic rings. The van der Waals surface area contributed by atoms with Crippen molar-refractivity contribution in [3.63, 3.8) is 0 Å². The molecule has 0 saturated carbocycles. The Morgan fingerprint density at radius 1 is 0.561 bits per heavy atom. The molecule has 0 spiro atoms. The van der Waals surface area contributed by atoms with Gasteiger partial charge in [-0.3, -0.25) is 13.8 Å². The molecule has 0 radical (unpaired) electrons. The smallest absolute Gasteiger partial charge is 0.387 e. The molecule has 1 amide bonds. The van der Waals surface area contributed by atoms with E-state index >= 15 is 0 Å². The monoisotopic (exact) mass is 827 g/mol. The van der Waals surface area contributed by atoms with Gasteiger partial charge in [0.1, 0.15) is 0 Å². The van der Waals surface area contributed by atoms with Gasteiger partial charge in [-0.05, 0) is 44.9 Å². The minimum Gasteiger partial charge on any atom is -0.387 e. The van der Waals surface area contributed by atoms with Crippen molar-refractivity contribution in [2.24, 2.45) is 5.73 Å². The van der Waals surface area contributed by atoms with Crippen molar-refractivity contribution in [3.8, 4) is 0 Å². The van der Waals surface area contributed by atoms with Crippen LogP contribution in [0.5, 0.6) is 0 Å². The van der Waals surface area contributed by atoms with Crippen LogP contribution < -0.4 is 11.1 Å². The van der Waals surface area contributed by atoms with Gasteiger partial charge in [0.15, 0.2) is 0 Å². The molecule has 57 heavy (non-hydrogen) atoms. The lowest BCUT2D eigenvalue weighted by Crippen LogP contribution is -2.45. The fourth-order valence-electron chi connectivity index (χ4n) is 7.30. The number of nitrogens with two attached hydrogens (primary N) is 1. The number of phosphoric ester groups is 1. The maximum atomic E-state index is 12.8. The van der Waals surface area contributed by atoms with E-state index in [1.165, 1.54) is 186 Å². The summed E-state index contributed by atoms with van der Waals surface area (Å²) in [5.41, 5.74) is 5.39. The second kappa shape index (κ2) is 44.5. The molecule has 0 aromatic carbocycles. The number of amides is 1. The molecule has 0 aliphatic heterocycles. The fraction of sp³-hybridized carbons (Fsp3) is 0.896. The number of carbonyl (C=O) groups is 1. The van der Waals surface area contributed by atoms with Crippen molar-refractivity contribution in [3.05, 3.63) is 24.3 Å². The van der Waals surface area contributed by atoms with Crippen molar-refractivity contribution in [2.45, 2.75) is 257 Å². The summed E-state index contributed by atoms with van der Waals surface area (Å²) < 4.78 is 22.2. The van der Waals surface area contributed by atoms with Gasteiger partial charge >= 0.3 is 7.82 Å². The first-order valence-corrected chi connectivity index (χ1v) is 26.0. The third-order valence-corrected chi connectivity index (χ3v) is 12.0. The summed E-state index contributed by atoms with van der Waals surface area (Å²) in [4.78, 5) is 22.8. The number of unbranched alkanes of at least 4 members (excludes halogenated alkanes) is 32. The second-order valence-corrected chi connectivity index (χ2v) is 18.1. The summed E-state index contributed by atoms with van der Waals surface area (Å²) >= 11 is 0. The number of hydrogen-bond donors (Lipinski definition) is 4. The number of aliphatic hydroxyl groups is 1. The Kier molecular flexibility index (Phi) is 43.7. The Labute approximate surface area is 353 Å². The lowest BCUT2D eigenvalue weighted by atomic mass is 10.0. The molecule has 0 aromatic heterocycles. The third kappa shape index (κ3) is 42.9. The summed E-state index contributed by atoms with van der Waals surface area (Å²) in [5.74, 6) is -0.196. The molecule has 0 aliphatic carbocycles. The topological polar surface area (TPSA) is 131 Å². The number of hydrogen-bond acceptors (Lipinski definition) is 6. The molecular formula is C48H95N2O6P. The van der Waals surface area contributed by atoms with E-state index in [0.29, 0.717) is 6.42 Å². The minimum atomic E-state index is -4.34. The van der Waals surface area contributed by atoms with E-state index in [0.717, 1.165) is 38.5 Å². The fourth-order valence-corrected chi connectivity index (χ4v) is 8.06. The van der Waals surface area contributed by atoms with Crippen LogP contribution in [0.1, 0.15) is 245 Å². The average Bonchev–Trinajstić information content (AvgIpc) is 3.20. The van der Waals surface area contributed by atoms with Crippen molar-refractivity contribution >= 4 is 13.7 Å². The molecule has 5 N–H and O–H groups in total. The van der Waals surface area contributed by atoms with Crippen LogP contribution in [-0.4, -0.2) is 47.8 Å². The average molecular weight is 827 g/mol. The standard InChI is InChI=1S/C48H95N2O6P/c1-3-5-7-9-11-13-15-17-19-21-22-23-24-26-27-29-31-33-35-37-39-41-47(51)46(45-56-57(53,54)55-44-43-49)50-48(52)42-40-38-36-34-32-30-28-25-20-18-16-14-12-10-8-6-4-2/h18,20,39,41,46-47,51H,3-17,19,21-38,40,42-45,49H2,1-2H3,(H,50,52)(H,53,54)/b20-18-,41-39+. The molecule has 0 saturated heterocycles. The molecule has 0 rings (SSSR count). The van der Waals surface area contributed by atoms with E-state index in [2.05, 4.69) is 31.3 Å². The van der Waals surface area contributed by atoms with Crippen LogP contribution in [0.4, 0.5) is 0 Å². The zero-order chi connectivity index (χ0) is 41.8. The van der Waals surface area contributed by atoms with Gasteiger partial charge in [0.25, 0.3) is 0 Å². The van der Waals surface area contributed by atoms with Gasteiger partial charge in [0, 0.05) is 13.0 Å². The number of aliphatic hydroxyl groups excluding tert-OH is 1. The molecule has 8 nitrogen and oxygen atoms in total. The van der Waals surface area contributed by atoms with Crippen molar-refractivity contribution < 1.29 is 28.4 Å². The van der Waals surface area contributed by atoms with Gasteiger partial charge < -0.3 is 21.1 Å².